The van der Waals surface area contributed by atoms with Crippen LogP contribution in [0.5, 0.6) is 0 Å². The number of hydrogen-bond donors (Lipinski definition) is 1. The summed E-state index contributed by atoms with van der Waals surface area (Å²) in [6.07, 6.45) is 2.11. The van der Waals surface area contributed by atoms with Gasteiger partial charge in [0.2, 0.25) is 0 Å². The number of nitro groups is 1. The fourth-order valence-electron chi connectivity index (χ4n) is 2.51. The maximum Gasteiger partial charge on any atom is 0.269 e. The fourth-order valence-corrected chi connectivity index (χ4v) is 3.63. The van der Waals surface area contributed by atoms with Gasteiger partial charge in [-0.15, -0.1) is 0 Å². The lowest BCUT2D eigenvalue weighted by molar-refractivity contribution is -0.384. The third-order valence-corrected chi connectivity index (χ3v) is 5.86. The molecule has 0 aromatic heterocycles. The van der Waals surface area contributed by atoms with Crippen molar-refractivity contribution in [1.29, 1.82) is 0 Å². The molecule has 0 radical (unpaired) electrons. The molecule has 1 aromatic carbocycles. The van der Waals surface area contributed by atoms with Crippen molar-refractivity contribution in [1.82, 2.24) is 4.90 Å². The van der Waals surface area contributed by atoms with Crippen LogP contribution in [0.4, 0.5) is 5.69 Å². The van der Waals surface area contributed by atoms with Gasteiger partial charge in [-0.25, -0.2) is 8.42 Å². The van der Waals surface area contributed by atoms with Gasteiger partial charge in [-0.05, 0) is 30.9 Å². The highest BCUT2D eigenvalue weighted by Crippen LogP contribution is 2.17. The first kappa shape index (κ1) is 18.2. The number of guanidine groups is 1. The van der Waals surface area contributed by atoms with Crippen LogP contribution in [0.3, 0.4) is 0 Å². The summed E-state index contributed by atoms with van der Waals surface area (Å²) in [6.45, 7) is 3.94. The molecule has 0 saturated carbocycles. The second-order valence-corrected chi connectivity index (χ2v) is 8.09. The van der Waals surface area contributed by atoms with E-state index < -0.39 is 14.8 Å². The van der Waals surface area contributed by atoms with Crippen molar-refractivity contribution in [3.63, 3.8) is 0 Å². The Morgan fingerprint density at radius 3 is 2.46 bits per heavy atom. The molecule has 1 aliphatic rings. The van der Waals surface area contributed by atoms with Crippen LogP contribution in [-0.4, -0.2) is 49.6 Å². The number of nitro benzene ring substituents is 1. The number of non-ortho nitro benzene ring substituents is 1. The van der Waals surface area contributed by atoms with Crippen LogP contribution in [0, 0.1) is 16.0 Å². The molecule has 1 fully saturated rings. The van der Waals surface area contributed by atoms with Gasteiger partial charge in [0, 0.05) is 25.2 Å². The van der Waals surface area contributed by atoms with Gasteiger partial charge in [-0.2, -0.15) is 0 Å². The summed E-state index contributed by atoms with van der Waals surface area (Å²) in [5.41, 5.74) is 5.78. The van der Waals surface area contributed by atoms with Crippen molar-refractivity contribution in [2.24, 2.45) is 16.6 Å². The van der Waals surface area contributed by atoms with Crippen molar-refractivity contribution < 1.29 is 13.3 Å². The molecule has 132 valence electrons. The number of rotatable bonds is 5. The number of piperidine rings is 1. The van der Waals surface area contributed by atoms with Gasteiger partial charge in [0.15, 0.2) is 15.8 Å². The zero-order valence-corrected chi connectivity index (χ0v) is 14.4. The SMILES string of the molecule is CC1CCN(C(N)=NCCS(=O)(=O)c2ccc([N+](=O)[O-])cc2)CC1. The molecule has 1 saturated heterocycles. The molecule has 0 bridgehead atoms. The Bertz CT molecular complexity index is 707. The van der Waals surface area contributed by atoms with E-state index in [2.05, 4.69) is 11.9 Å². The van der Waals surface area contributed by atoms with E-state index in [-0.39, 0.29) is 22.9 Å². The first-order valence-electron chi connectivity index (χ1n) is 7.81. The first-order valence-corrected chi connectivity index (χ1v) is 9.47. The quantitative estimate of drug-likeness (QED) is 0.369. The topological polar surface area (TPSA) is 119 Å². The minimum absolute atomic E-state index is 0.0497. The standard InChI is InChI=1S/C15H22N4O4S/c1-12-6-9-18(10-7-12)15(16)17-8-11-24(22,23)14-4-2-13(3-5-14)19(20)21/h2-5,12H,6-11H2,1H3,(H2,16,17). The number of sulfone groups is 1. The van der Waals surface area contributed by atoms with Gasteiger partial charge in [0.1, 0.15) is 0 Å². The monoisotopic (exact) mass is 354 g/mol. The molecule has 0 atom stereocenters. The van der Waals surface area contributed by atoms with E-state index in [9.17, 15) is 18.5 Å². The summed E-state index contributed by atoms with van der Waals surface area (Å²) in [5, 5.41) is 10.6. The molecule has 1 heterocycles. The fraction of sp³-hybridized carbons (Fsp3) is 0.533. The van der Waals surface area contributed by atoms with Crippen LogP contribution in [0.25, 0.3) is 0 Å². The third kappa shape index (κ3) is 4.67. The minimum atomic E-state index is -3.54. The second-order valence-electron chi connectivity index (χ2n) is 5.98. The lowest BCUT2D eigenvalue weighted by atomic mass is 10.00. The molecule has 9 heteroatoms. The number of likely N-dealkylation sites (tertiary alicyclic amines) is 1. The van der Waals surface area contributed by atoms with Gasteiger partial charge in [-0.1, -0.05) is 6.92 Å². The summed E-state index contributed by atoms with van der Waals surface area (Å²) < 4.78 is 24.4. The molecule has 0 unspecified atom stereocenters. The van der Waals surface area contributed by atoms with Gasteiger partial charge in [0.25, 0.3) is 5.69 Å². The predicted octanol–water partition coefficient (Wildman–Crippen LogP) is 1.42. The van der Waals surface area contributed by atoms with E-state index in [0.717, 1.165) is 25.9 Å². The van der Waals surface area contributed by atoms with Crippen molar-refractivity contribution in [3.05, 3.63) is 34.4 Å². The molecular weight excluding hydrogens is 332 g/mol. The van der Waals surface area contributed by atoms with Crippen molar-refractivity contribution in [2.45, 2.75) is 24.7 Å². The molecule has 24 heavy (non-hydrogen) atoms. The van der Waals surface area contributed by atoms with Crippen LogP contribution in [0.15, 0.2) is 34.2 Å². The van der Waals surface area contributed by atoms with E-state index in [1.54, 1.807) is 0 Å². The first-order chi connectivity index (χ1) is 11.3. The Labute approximate surface area is 141 Å². The Balaban J connectivity index is 1.94. The van der Waals surface area contributed by atoms with Crippen LogP contribution >= 0.6 is 0 Å². The van der Waals surface area contributed by atoms with E-state index in [1.807, 2.05) is 4.90 Å². The van der Waals surface area contributed by atoms with E-state index in [0.29, 0.717) is 11.9 Å². The molecule has 1 aromatic rings. The number of aliphatic imine (C=N–C) groups is 1. The maximum atomic E-state index is 12.2. The molecular formula is C15H22N4O4S. The zero-order valence-electron chi connectivity index (χ0n) is 13.6. The van der Waals surface area contributed by atoms with E-state index in [1.165, 1.54) is 24.3 Å². The molecule has 1 aliphatic heterocycles. The third-order valence-electron chi connectivity index (χ3n) is 4.15. The van der Waals surface area contributed by atoms with E-state index in [4.69, 9.17) is 5.73 Å². The lowest BCUT2D eigenvalue weighted by Gasteiger charge is -2.31. The summed E-state index contributed by atoms with van der Waals surface area (Å²) in [7, 11) is -3.54. The number of nitrogens with two attached hydrogens (primary N) is 1. The Kier molecular flexibility index (Phi) is 5.76. The van der Waals surface area contributed by atoms with Gasteiger partial charge >= 0.3 is 0 Å². The summed E-state index contributed by atoms with van der Waals surface area (Å²) in [6, 6.07) is 4.85. The Morgan fingerprint density at radius 2 is 1.92 bits per heavy atom. The van der Waals surface area contributed by atoms with Crippen LogP contribution in [0.2, 0.25) is 0 Å². The molecule has 2 rings (SSSR count). The average Bonchev–Trinajstić information content (AvgIpc) is 2.55. The highest BCUT2D eigenvalue weighted by Gasteiger charge is 2.18. The smallest absolute Gasteiger partial charge is 0.269 e. The zero-order chi connectivity index (χ0) is 17.7. The largest absolute Gasteiger partial charge is 0.370 e. The summed E-state index contributed by atoms with van der Waals surface area (Å²) in [4.78, 5) is 16.2. The number of hydrogen-bond acceptors (Lipinski definition) is 5. The van der Waals surface area contributed by atoms with Crippen molar-refractivity contribution >= 4 is 21.5 Å². The summed E-state index contributed by atoms with van der Waals surface area (Å²) >= 11 is 0. The average molecular weight is 354 g/mol. The van der Waals surface area contributed by atoms with Gasteiger partial charge < -0.3 is 10.6 Å². The minimum Gasteiger partial charge on any atom is -0.370 e. The van der Waals surface area contributed by atoms with Crippen molar-refractivity contribution in [3.8, 4) is 0 Å². The number of nitrogens with zero attached hydrogens (tertiary/aromatic N) is 3. The molecule has 2 N–H and O–H groups in total. The van der Waals surface area contributed by atoms with Crippen LogP contribution < -0.4 is 5.73 Å². The summed E-state index contributed by atoms with van der Waals surface area (Å²) in [5.74, 6) is 0.868. The number of benzene rings is 1. The van der Waals surface area contributed by atoms with E-state index >= 15 is 0 Å². The van der Waals surface area contributed by atoms with Crippen LogP contribution in [0.1, 0.15) is 19.8 Å². The molecule has 8 nitrogen and oxygen atoms in total. The van der Waals surface area contributed by atoms with Gasteiger partial charge in [-0.3, -0.25) is 15.1 Å². The molecule has 0 aliphatic carbocycles. The highest BCUT2D eigenvalue weighted by molar-refractivity contribution is 7.91. The predicted molar refractivity (Wildman–Crippen MR) is 91.6 cm³/mol. The normalized spacial score (nSPS) is 17.0. The van der Waals surface area contributed by atoms with Crippen LogP contribution in [-0.2, 0) is 9.84 Å². The maximum absolute atomic E-state index is 12.2. The lowest BCUT2D eigenvalue weighted by Crippen LogP contribution is -2.42. The second kappa shape index (κ2) is 7.61. The Morgan fingerprint density at radius 1 is 1.33 bits per heavy atom. The molecule has 0 spiro atoms. The van der Waals surface area contributed by atoms with Gasteiger partial charge in [0.05, 0.1) is 22.1 Å². The van der Waals surface area contributed by atoms with Crippen molar-refractivity contribution in [2.75, 3.05) is 25.4 Å². The Hall–Kier alpha value is -2.16. The highest BCUT2D eigenvalue weighted by atomic mass is 32.2. The molecule has 0 amide bonds.